The Labute approximate surface area is 107 Å². The Balaban J connectivity index is 2.37. The van der Waals surface area contributed by atoms with E-state index in [-0.39, 0.29) is 5.82 Å². The van der Waals surface area contributed by atoms with Crippen LogP contribution in [-0.2, 0) is 0 Å². The van der Waals surface area contributed by atoms with Crippen molar-refractivity contribution >= 4 is 5.69 Å². The lowest BCUT2D eigenvalue weighted by molar-refractivity contribution is 0.599. The Morgan fingerprint density at radius 1 is 1.06 bits per heavy atom. The fourth-order valence-electron chi connectivity index (χ4n) is 1.90. The van der Waals surface area contributed by atoms with Crippen LogP contribution in [0.3, 0.4) is 0 Å². The number of hydrogen-bond acceptors (Lipinski definition) is 2. The second-order valence-electron chi connectivity index (χ2n) is 4.49. The summed E-state index contributed by atoms with van der Waals surface area (Å²) in [6, 6.07) is 14.0. The molecule has 2 rings (SSSR count). The van der Waals surface area contributed by atoms with E-state index in [1.165, 1.54) is 6.07 Å². The fourth-order valence-corrected chi connectivity index (χ4v) is 1.90. The van der Waals surface area contributed by atoms with Crippen LogP contribution in [0.25, 0.3) is 0 Å². The van der Waals surface area contributed by atoms with Crippen LogP contribution < -0.4 is 10.6 Å². The molecule has 2 aromatic rings. The van der Waals surface area contributed by atoms with E-state index >= 15 is 0 Å². The van der Waals surface area contributed by atoms with Gasteiger partial charge in [-0.15, -0.1) is 0 Å². The standard InChI is InChI=1S/C15H17FN2/c1-18(2)12-7-5-6-11(10-12)15(17)13-8-3-4-9-14(13)16/h3-10,15H,17H2,1-2H3. The van der Waals surface area contributed by atoms with Gasteiger partial charge in [0.2, 0.25) is 0 Å². The summed E-state index contributed by atoms with van der Waals surface area (Å²) in [6.45, 7) is 0. The van der Waals surface area contributed by atoms with Crippen LogP contribution in [-0.4, -0.2) is 14.1 Å². The van der Waals surface area contributed by atoms with Crippen LogP contribution in [0, 0.1) is 5.82 Å². The average Bonchev–Trinajstić information content (AvgIpc) is 2.38. The van der Waals surface area contributed by atoms with Crippen LogP contribution in [0.15, 0.2) is 48.5 Å². The molecular formula is C15H17FN2. The van der Waals surface area contributed by atoms with Crippen molar-refractivity contribution in [3.8, 4) is 0 Å². The van der Waals surface area contributed by atoms with Gasteiger partial charge >= 0.3 is 0 Å². The quantitative estimate of drug-likeness (QED) is 0.899. The molecule has 0 fully saturated rings. The molecule has 0 aliphatic rings. The van der Waals surface area contributed by atoms with Gasteiger partial charge in [0.1, 0.15) is 5.82 Å². The van der Waals surface area contributed by atoms with Crippen molar-refractivity contribution in [3.05, 3.63) is 65.5 Å². The molecule has 1 atom stereocenters. The third-order valence-electron chi connectivity index (χ3n) is 2.99. The lowest BCUT2D eigenvalue weighted by Crippen LogP contribution is -2.15. The highest BCUT2D eigenvalue weighted by Crippen LogP contribution is 2.24. The van der Waals surface area contributed by atoms with E-state index in [1.807, 2.05) is 43.3 Å². The normalized spacial score (nSPS) is 12.2. The monoisotopic (exact) mass is 244 g/mol. The van der Waals surface area contributed by atoms with Crippen LogP contribution >= 0.6 is 0 Å². The first kappa shape index (κ1) is 12.6. The molecule has 0 bridgehead atoms. The summed E-state index contributed by atoms with van der Waals surface area (Å²) in [4.78, 5) is 2.00. The van der Waals surface area contributed by atoms with Gasteiger partial charge in [-0.2, -0.15) is 0 Å². The zero-order valence-electron chi connectivity index (χ0n) is 10.6. The van der Waals surface area contributed by atoms with Gasteiger partial charge < -0.3 is 10.6 Å². The Hall–Kier alpha value is -1.87. The fraction of sp³-hybridized carbons (Fsp3) is 0.200. The highest BCUT2D eigenvalue weighted by atomic mass is 19.1. The summed E-state index contributed by atoms with van der Waals surface area (Å²) in [6.07, 6.45) is 0. The molecular weight excluding hydrogens is 227 g/mol. The number of nitrogens with two attached hydrogens (primary N) is 1. The maximum Gasteiger partial charge on any atom is 0.128 e. The van der Waals surface area contributed by atoms with Crippen molar-refractivity contribution < 1.29 is 4.39 Å². The molecule has 2 aromatic carbocycles. The summed E-state index contributed by atoms with van der Waals surface area (Å²) in [5, 5.41) is 0. The predicted molar refractivity (Wildman–Crippen MR) is 73.2 cm³/mol. The Bertz CT molecular complexity index is 538. The molecule has 0 aliphatic heterocycles. The highest BCUT2D eigenvalue weighted by Gasteiger charge is 2.13. The van der Waals surface area contributed by atoms with Crippen molar-refractivity contribution in [2.45, 2.75) is 6.04 Å². The van der Waals surface area contributed by atoms with Crippen molar-refractivity contribution in [1.82, 2.24) is 0 Å². The zero-order chi connectivity index (χ0) is 13.1. The van der Waals surface area contributed by atoms with E-state index in [9.17, 15) is 4.39 Å². The molecule has 94 valence electrons. The minimum Gasteiger partial charge on any atom is -0.378 e. The largest absolute Gasteiger partial charge is 0.378 e. The van der Waals surface area contributed by atoms with Crippen molar-refractivity contribution in [3.63, 3.8) is 0 Å². The second kappa shape index (κ2) is 5.19. The van der Waals surface area contributed by atoms with Gasteiger partial charge in [-0.05, 0) is 23.8 Å². The Kier molecular flexibility index (Phi) is 3.63. The number of rotatable bonds is 3. The first-order chi connectivity index (χ1) is 8.59. The highest BCUT2D eigenvalue weighted by molar-refractivity contribution is 5.49. The molecule has 3 heteroatoms. The van der Waals surface area contributed by atoms with Gasteiger partial charge in [-0.3, -0.25) is 0 Å². The smallest absolute Gasteiger partial charge is 0.128 e. The van der Waals surface area contributed by atoms with E-state index < -0.39 is 6.04 Å². The summed E-state index contributed by atoms with van der Waals surface area (Å²) in [5.74, 6) is -0.264. The van der Waals surface area contributed by atoms with E-state index in [2.05, 4.69) is 0 Å². The first-order valence-electron chi connectivity index (χ1n) is 5.87. The van der Waals surface area contributed by atoms with Crippen molar-refractivity contribution in [2.75, 3.05) is 19.0 Å². The molecule has 0 amide bonds. The van der Waals surface area contributed by atoms with E-state index in [1.54, 1.807) is 18.2 Å². The molecule has 18 heavy (non-hydrogen) atoms. The molecule has 1 unspecified atom stereocenters. The summed E-state index contributed by atoms with van der Waals surface area (Å²) >= 11 is 0. The van der Waals surface area contributed by atoms with Crippen LogP contribution in [0.2, 0.25) is 0 Å². The molecule has 0 saturated carbocycles. The molecule has 0 aromatic heterocycles. The maximum atomic E-state index is 13.7. The SMILES string of the molecule is CN(C)c1cccc(C(N)c2ccccc2F)c1. The topological polar surface area (TPSA) is 29.3 Å². The molecule has 0 aliphatic carbocycles. The average molecular weight is 244 g/mol. The summed E-state index contributed by atoms with van der Waals surface area (Å²) in [5.41, 5.74) is 8.61. The molecule has 0 saturated heterocycles. The van der Waals surface area contributed by atoms with E-state index in [4.69, 9.17) is 5.73 Å². The first-order valence-corrected chi connectivity index (χ1v) is 5.87. The number of benzene rings is 2. The molecule has 2 N–H and O–H groups in total. The minimum atomic E-state index is -0.439. The van der Waals surface area contributed by atoms with Gasteiger partial charge in [0.05, 0.1) is 6.04 Å². The van der Waals surface area contributed by atoms with E-state index in [0.29, 0.717) is 5.56 Å². The summed E-state index contributed by atoms with van der Waals surface area (Å²) < 4.78 is 13.7. The van der Waals surface area contributed by atoms with Gasteiger partial charge in [0.25, 0.3) is 0 Å². The predicted octanol–water partition coefficient (Wildman–Crippen LogP) is 2.94. The lowest BCUT2D eigenvalue weighted by atomic mass is 9.98. The third kappa shape index (κ3) is 2.51. The Morgan fingerprint density at radius 2 is 1.78 bits per heavy atom. The maximum absolute atomic E-state index is 13.7. The number of anilines is 1. The lowest BCUT2D eigenvalue weighted by Gasteiger charge is -2.17. The van der Waals surface area contributed by atoms with Gasteiger partial charge in [0, 0.05) is 25.3 Å². The molecule has 0 heterocycles. The third-order valence-corrected chi connectivity index (χ3v) is 2.99. The number of nitrogens with zero attached hydrogens (tertiary/aromatic N) is 1. The summed E-state index contributed by atoms with van der Waals surface area (Å²) in [7, 11) is 3.93. The van der Waals surface area contributed by atoms with Gasteiger partial charge in [-0.1, -0.05) is 30.3 Å². The molecule has 0 spiro atoms. The Morgan fingerprint density at radius 3 is 2.44 bits per heavy atom. The van der Waals surface area contributed by atoms with Crippen molar-refractivity contribution in [1.29, 1.82) is 0 Å². The van der Waals surface area contributed by atoms with Crippen molar-refractivity contribution in [2.24, 2.45) is 5.73 Å². The molecule has 0 radical (unpaired) electrons. The van der Waals surface area contributed by atoms with Crippen LogP contribution in [0.1, 0.15) is 17.2 Å². The van der Waals surface area contributed by atoms with E-state index in [0.717, 1.165) is 11.3 Å². The number of hydrogen-bond donors (Lipinski definition) is 1. The minimum absolute atomic E-state index is 0.264. The second-order valence-corrected chi connectivity index (χ2v) is 4.49. The van der Waals surface area contributed by atoms with Gasteiger partial charge in [0.15, 0.2) is 0 Å². The number of halogens is 1. The van der Waals surface area contributed by atoms with Gasteiger partial charge in [-0.25, -0.2) is 4.39 Å². The zero-order valence-corrected chi connectivity index (χ0v) is 10.6. The van der Waals surface area contributed by atoms with Crippen LogP contribution in [0.5, 0.6) is 0 Å². The molecule has 2 nitrogen and oxygen atoms in total. The van der Waals surface area contributed by atoms with Crippen LogP contribution in [0.4, 0.5) is 10.1 Å².